The maximum atomic E-state index is 12.2. The summed E-state index contributed by atoms with van der Waals surface area (Å²) < 4.78 is 10.4. The molecule has 5 nitrogen and oxygen atoms in total. The molecule has 6 unspecified atom stereocenters. The minimum atomic E-state index is -0.807. The Bertz CT molecular complexity index is 450. The molecular weight excluding hydrogens is 294 g/mol. The number of fused-ring (bicyclic) bond motifs is 2. The first-order valence-electron chi connectivity index (χ1n) is 8.65. The number of carbonyl (C=O) groups is 2. The normalized spacial score (nSPS) is 29.6. The summed E-state index contributed by atoms with van der Waals surface area (Å²) in [6, 6.07) is 0.133. The molecule has 0 spiro atoms. The van der Waals surface area contributed by atoms with Crippen molar-refractivity contribution in [3.05, 3.63) is 12.7 Å². The monoisotopic (exact) mass is 323 g/mol. The number of hydrogen-bond acceptors (Lipinski definition) is 4. The van der Waals surface area contributed by atoms with Crippen molar-refractivity contribution in [2.45, 2.75) is 64.7 Å². The Kier molecular flexibility index (Phi) is 6.22. The summed E-state index contributed by atoms with van der Waals surface area (Å²) >= 11 is 0. The molecule has 0 heterocycles. The van der Waals surface area contributed by atoms with Crippen molar-refractivity contribution in [1.29, 1.82) is 0 Å². The molecule has 2 rings (SSSR count). The van der Waals surface area contributed by atoms with Gasteiger partial charge in [-0.25, -0.2) is 4.79 Å². The summed E-state index contributed by atoms with van der Waals surface area (Å²) in [6.07, 6.45) is 5.22. The third-order valence-electron chi connectivity index (χ3n) is 5.26. The van der Waals surface area contributed by atoms with Gasteiger partial charge in [0.1, 0.15) is 0 Å². The van der Waals surface area contributed by atoms with Crippen molar-refractivity contribution in [3.8, 4) is 0 Å². The van der Waals surface area contributed by atoms with E-state index in [9.17, 15) is 9.59 Å². The average molecular weight is 323 g/mol. The third-order valence-corrected chi connectivity index (χ3v) is 5.26. The fraction of sp³-hybridized carbons (Fsp3) is 0.778. The van der Waals surface area contributed by atoms with Crippen molar-refractivity contribution in [2.24, 2.45) is 17.8 Å². The van der Waals surface area contributed by atoms with E-state index in [0.29, 0.717) is 5.92 Å². The highest BCUT2D eigenvalue weighted by Crippen LogP contribution is 2.49. The SMILES string of the molecule is C=CCOC(C)C(=O)OC(C)C(=O)NC(C)C1CC2CCC1C2. The van der Waals surface area contributed by atoms with E-state index in [1.54, 1.807) is 19.9 Å². The topological polar surface area (TPSA) is 64.6 Å². The van der Waals surface area contributed by atoms with Gasteiger partial charge in [-0.05, 0) is 57.8 Å². The molecule has 0 aliphatic heterocycles. The van der Waals surface area contributed by atoms with Crippen LogP contribution in [0.15, 0.2) is 12.7 Å². The zero-order chi connectivity index (χ0) is 17.0. The number of esters is 1. The van der Waals surface area contributed by atoms with Crippen molar-refractivity contribution >= 4 is 11.9 Å². The lowest BCUT2D eigenvalue weighted by molar-refractivity contribution is -0.164. The molecule has 2 fully saturated rings. The third kappa shape index (κ3) is 4.56. The Balaban J connectivity index is 1.76. The van der Waals surface area contributed by atoms with Crippen LogP contribution in [0.2, 0.25) is 0 Å². The van der Waals surface area contributed by atoms with Crippen LogP contribution >= 0.6 is 0 Å². The number of amides is 1. The maximum Gasteiger partial charge on any atom is 0.335 e. The van der Waals surface area contributed by atoms with Crippen molar-refractivity contribution in [2.75, 3.05) is 6.61 Å². The highest BCUT2D eigenvalue weighted by atomic mass is 16.6. The molecule has 2 saturated carbocycles. The number of nitrogens with one attached hydrogen (secondary N) is 1. The van der Waals surface area contributed by atoms with E-state index in [2.05, 4.69) is 18.8 Å². The highest BCUT2D eigenvalue weighted by molar-refractivity contribution is 5.84. The first-order valence-corrected chi connectivity index (χ1v) is 8.65. The van der Waals surface area contributed by atoms with Gasteiger partial charge in [-0.2, -0.15) is 0 Å². The van der Waals surface area contributed by atoms with Crippen molar-refractivity contribution < 1.29 is 19.1 Å². The van der Waals surface area contributed by atoms with Gasteiger partial charge < -0.3 is 14.8 Å². The average Bonchev–Trinajstić information content (AvgIpc) is 3.15. The Morgan fingerprint density at radius 2 is 1.96 bits per heavy atom. The van der Waals surface area contributed by atoms with E-state index in [-0.39, 0.29) is 18.6 Å². The van der Waals surface area contributed by atoms with Gasteiger partial charge in [0.25, 0.3) is 5.91 Å². The van der Waals surface area contributed by atoms with Crippen LogP contribution < -0.4 is 5.32 Å². The van der Waals surface area contributed by atoms with E-state index in [1.807, 2.05) is 0 Å². The Labute approximate surface area is 138 Å². The van der Waals surface area contributed by atoms with Crippen LogP contribution in [0.4, 0.5) is 0 Å². The van der Waals surface area contributed by atoms with Gasteiger partial charge in [-0.1, -0.05) is 12.5 Å². The zero-order valence-electron chi connectivity index (χ0n) is 14.4. The minimum Gasteiger partial charge on any atom is -0.451 e. The Morgan fingerprint density at radius 1 is 1.22 bits per heavy atom. The molecule has 5 heteroatoms. The second kappa shape index (κ2) is 7.95. The van der Waals surface area contributed by atoms with Gasteiger partial charge in [0, 0.05) is 6.04 Å². The van der Waals surface area contributed by atoms with Crippen LogP contribution in [-0.4, -0.2) is 36.7 Å². The molecule has 0 aromatic carbocycles. The number of hydrogen-bond donors (Lipinski definition) is 1. The first kappa shape index (κ1) is 18.0. The van der Waals surface area contributed by atoms with Gasteiger partial charge in [0.15, 0.2) is 12.2 Å². The number of carbonyl (C=O) groups excluding carboxylic acids is 2. The van der Waals surface area contributed by atoms with Crippen molar-refractivity contribution in [3.63, 3.8) is 0 Å². The lowest BCUT2D eigenvalue weighted by Gasteiger charge is -2.29. The first-order chi connectivity index (χ1) is 10.9. The van der Waals surface area contributed by atoms with Crippen LogP contribution in [-0.2, 0) is 19.1 Å². The summed E-state index contributed by atoms with van der Waals surface area (Å²) in [5, 5.41) is 3.02. The van der Waals surface area contributed by atoms with Crippen LogP contribution in [0.5, 0.6) is 0 Å². The predicted molar refractivity (Wildman–Crippen MR) is 87.7 cm³/mol. The van der Waals surface area contributed by atoms with E-state index < -0.39 is 18.2 Å². The van der Waals surface area contributed by atoms with Crippen molar-refractivity contribution in [1.82, 2.24) is 5.32 Å². The standard InChI is InChI=1S/C18H29NO4/c1-5-8-22-13(4)18(21)23-12(3)17(20)19-11(2)16-10-14-6-7-15(16)9-14/h5,11-16H,1,6-10H2,2-4H3,(H,19,20). The van der Waals surface area contributed by atoms with Gasteiger partial charge in [-0.15, -0.1) is 6.58 Å². The second-order valence-electron chi connectivity index (χ2n) is 6.98. The van der Waals surface area contributed by atoms with Crippen LogP contribution in [0.1, 0.15) is 46.5 Å². The van der Waals surface area contributed by atoms with Crippen LogP contribution in [0.25, 0.3) is 0 Å². The molecule has 2 aliphatic rings. The summed E-state index contributed by atoms with van der Waals surface area (Å²) in [5.74, 6) is 1.41. The van der Waals surface area contributed by atoms with Gasteiger partial charge in [0.2, 0.25) is 0 Å². The van der Waals surface area contributed by atoms with E-state index in [1.165, 1.54) is 25.7 Å². The smallest absolute Gasteiger partial charge is 0.335 e. The fourth-order valence-corrected chi connectivity index (χ4v) is 3.96. The van der Waals surface area contributed by atoms with E-state index in [4.69, 9.17) is 9.47 Å². The van der Waals surface area contributed by atoms with E-state index in [0.717, 1.165) is 11.8 Å². The summed E-state index contributed by atoms with van der Waals surface area (Å²) in [6.45, 7) is 9.07. The molecular formula is C18H29NO4. The molecule has 6 atom stereocenters. The molecule has 130 valence electrons. The number of ether oxygens (including phenoxy) is 2. The highest BCUT2D eigenvalue weighted by Gasteiger charge is 2.42. The molecule has 2 bridgehead atoms. The van der Waals surface area contributed by atoms with Crippen LogP contribution in [0.3, 0.4) is 0 Å². The van der Waals surface area contributed by atoms with Gasteiger partial charge in [-0.3, -0.25) is 4.79 Å². The lowest BCUT2D eigenvalue weighted by Crippen LogP contribution is -2.45. The zero-order valence-corrected chi connectivity index (χ0v) is 14.4. The molecule has 0 saturated heterocycles. The quantitative estimate of drug-likeness (QED) is 0.550. The summed E-state index contributed by atoms with van der Waals surface area (Å²) in [4.78, 5) is 24.1. The molecule has 1 N–H and O–H groups in total. The fourth-order valence-electron chi connectivity index (χ4n) is 3.96. The van der Waals surface area contributed by atoms with Gasteiger partial charge in [0.05, 0.1) is 6.61 Å². The lowest BCUT2D eigenvalue weighted by atomic mass is 9.84. The second-order valence-corrected chi connectivity index (χ2v) is 6.98. The Hall–Kier alpha value is -1.36. The largest absolute Gasteiger partial charge is 0.451 e. The maximum absolute atomic E-state index is 12.2. The Morgan fingerprint density at radius 3 is 2.52 bits per heavy atom. The molecule has 0 aromatic rings. The van der Waals surface area contributed by atoms with E-state index >= 15 is 0 Å². The van der Waals surface area contributed by atoms with Crippen LogP contribution in [0, 0.1) is 17.8 Å². The van der Waals surface area contributed by atoms with Gasteiger partial charge >= 0.3 is 5.97 Å². The minimum absolute atomic E-state index is 0.133. The molecule has 23 heavy (non-hydrogen) atoms. The molecule has 0 radical (unpaired) electrons. The predicted octanol–water partition coefficient (Wildman–Crippen LogP) is 2.45. The summed E-state index contributed by atoms with van der Waals surface area (Å²) in [5.41, 5.74) is 0. The summed E-state index contributed by atoms with van der Waals surface area (Å²) in [7, 11) is 0. The molecule has 1 amide bonds. The molecule has 0 aromatic heterocycles. The molecule has 2 aliphatic carbocycles. The number of rotatable bonds is 8.